The molecule has 26 heavy (non-hydrogen) atoms. The molecule has 136 valence electrons. The highest BCUT2D eigenvalue weighted by Gasteiger charge is 2.25. The number of carbonyl (C=O) groups is 1. The van der Waals surface area contributed by atoms with E-state index in [2.05, 4.69) is 16.0 Å². The lowest BCUT2D eigenvalue weighted by atomic mass is 10.0. The zero-order valence-electron chi connectivity index (χ0n) is 14.9. The second-order valence-corrected chi connectivity index (χ2v) is 7.83. The summed E-state index contributed by atoms with van der Waals surface area (Å²) in [6.07, 6.45) is 3.90. The average Bonchev–Trinajstić information content (AvgIpc) is 3.35. The molecule has 0 unspecified atom stereocenters. The van der Waals surface area contributed by atoms with Gasteiger partial charge in [-0.05, 0) is 67.6 Å². The summed E-state index contributed by atoms with van der Waals surface area (Å²) >= 11 is 1.59. The topological polar surface area (TPSA) is 61.9 Å². The molecule has 1 fully saturated rings. The number of hydrogen-bond donors (Lipinski definition) is 1. The van der Waals surface area contributed by atoms with E-state index in [-0.39, 0.29) is 5.91 Å². The molecule has 0 bridgehead atoms. The molecule has 4 rings (SSSR count). The fourth-order valence-electron chi connectivity index (χ4n) is 3.73. The van der Waals surface area contributed by atoms with Crippen molar-refractivity contribution in [3.8, 4) is 0 Å². The summed E-state index contributed by atoms with van der Waals surface area (Å²) in [5, 5.41) is 1.99. The van der Waals surface area contributed by atoms with Crippen molar-refractivity contribution in [3.63, 3.8) is 0 Å². The van der Waals surface area contributed by atoms with Crippen LogP contribution in [-0.2, 0) is 11.2 Å². The number of aliphatic imine (C=N–C) groups is 1. The number of nitrogens with zero attached hydrogens (tertiary/aromatic N) is 3. The minimum absolute atomic E-state index is 0.228. The molecule has 2 aromatic rings. The first-order chi connectivity index (χ1) is 12.7. The molecular weight excluding hydrogens is 344 g/mol. The minimum atomic E-state index is 0.228. The third kappa shape index (κ3) is 3.66. The predicted molar refractivity (Wildman–Crippen MR) is 107 cm³/mol. The summed E-state index contributed by atoms with van der Waals surface area (Å²) in [7, 11) is 0. The number of likely N-dealkylation sites (tertiary alicyclic amines) is 1. The maximum Gasteiger partial charge on any atom is 0.227 e. The number of aryl methyl sites for hydroxylation is 1. The highest BCUT2D eigenvalue weighted by molar-refractivity contribution is 7.12. The summed E-state index contributed by atoms with van der Waals surface area (Å²) < 4.78 is 0. The van der Waals surface area contributed by atoms with Gasteiger partial charge in [0, 0.05) is 25.2 Å². The maximum absolute atomic E-state index is 12.4. The molecule has 1 aromatic heterocycles. The Hall–Kier alpha value is -2.18. The van der Waals surface area contributed by atoms with Crippen molar-refractivity contribution in [3.05, 3.63) is 46.2 Å². The molecule has 0 atom stereocenters. The zero-order chi connectivity index (χ0) is 17.9. The Labute approximate surface area is 158 Å². The van der Waals surface area contributed by atoms with Gasteiger partial charge in [-0.2, -0.15) is 0 Å². The lowest BCUT2D eigenvalue weighted by molar-refractivity contribution is -0.118. The van der Waals surface area contributed by atoms with Crippen LogP contribution in [0.4, 0.5) is 11.4 Å². The van der Waals surface area contributed by atoms with E-state index in [0.717, 1.165) is 48.9 Å². The molecule has 3 heterocycles. The Morgan fingerprint density at radius 2 is 2.00 bits per heavy atom. The number of hydrogen-bond acceptors (Lipinski definition) is 4. The third-order valence-electron chi connectivity index (χ3n) is 5.12. The van der Waals surface area contributed by atoms with Crippen molar-refractivity contribution in [1.29, 1.82) is 0 Å². The van der Waals surface area contributed by atoms with Gasteiger partial charge in [0.15, 0.2) is 0 Å². The summed E-state index contributed by atoms with van der Waals surface area (Å²) in [6.45, 7) is 4.04. The van der Waals surface area contributed by atoms with Crippen molar-refractivity contribution >= 4 is 34.5 Å². The van der Waals surface area contributed by atoms with Gasteiger partial charge in [-0.15, -0.1) is 11.3 Å². The molecule has 2 aliphatic heterocycles. The van der Waals surface area contributed by atoms with Gasteiger partial charge in [-0.25, -0.2) is 4.99 Å². The van der Waals surface area contributed by atoms with Crippen LogP contribution in [0.1, 0.15) is 29.7 Å². The lowest BCUT2D eigenvalue weighted by Gasteiger charge is -2.31. The van der Waals surface area contributed by atoms with Crippen molar-refractivity contribution in [2.45, 2.75) is 25.7 Å². The largest absolute Gasteiger partial charge is 0.383 e. The normalized spacial score (nSPS) is 18.4. The Kier molecular flexibility index (Phi) is 5.04. The van der Waals surface area contributed by atoms with Gasteiger partial charge in [0.2, 0.25) is 5.91 Å². The van der Waals surface area contributed by atoms with Crippen molar-refractivity contribution < 1.29 is 4.79 Å². The van der Waals surface area contributed by atoms with Gasteiger partial charge in [-0.3, -0.25) is 4.79 Å². The fraction of sp³-hybridized carbons (Fsp3) is 0.400. The summed E-state index contributed by atoms with van der Waals surface area (Å²) in [5.74, 6) is 0.767. The number of thiophene rings is 1. The standard InChI is InChI=1S/C20H24N4OS/c21-20(18-4-3-13-26-18)22-16-6-7-17-15(14-16)5-8-19(25)24(17)12-11-23-9-1-2-10-23/h3-4,6-7,13-14H,1-2,5,8-12H2,(H2,21,22). The molecule has 1 aromatic carbocycles. The fourth-order valence-corrected chi connectivity index (χ4v) is 4.35. The van der Waals surface area contributed by atoms with Gasteiger partial charge in [0.1, 0.15) is 5.84 Å². The van der Waals surface area contributed by atoms with E-state index in [1.54, 1.807) is 11.3 Å². The van der Waals surface area contributed by atoms with Gasteiger partial charge < -0.3 is 15.5 Å². The summed E-state index contributed by atoms with van der Waals surface area (Å²) in [6, 6.07) is 10.0. The van der Waals surface area contributed by atoms with E-state index in [0.29, 0.717) is 12.3 Å². The van der Waals surface area contributed by atoms with E-state index < -0.39 is 0 Å². The Balaban J connectivity index is 1.53. The molecule has 0 radical (unpaired) electrons. The van der Waals surface area contributed by atoms with Crippen molar-refractivity contribution in [1.82, 2.24) is 4.90 Å². The van der Waals surface area contributed by atoms with E-state index in [1.807, 2.05) is 34.5 Å². The number of benzene rings is 1. The number of nitrogens with two attached hydrogens (primary N) is 1. The average molecular weight is 369 g/mol. The molecule has 5 nitrogen and oxygen atoms in total. The molecule has 2 N–H and O–H groups in total. The Morgan fingerprint density at radius 3 is 2.77 bits per heavy atom. The quantitative estimate of drug-likeness (QED) is 0.651. The highest BCUT2D eigenvalue weighted by Crippen LogP contribution is 2.31. The van der Waals surface area contributed by atoms with Crippen LogP contribution in [0, 0.1) is 0 Å². The molecule has 1 saturated heterocycles. The molecule has 6 heteroatoms. The number of anilines is 1. The molecule has 1 amide bonds. The van der Waals surface area contributed by atoms with Crippen LogP contribution in [0.15, 0.2) is 40.7 Å². The number of rotatable bonds is 5. The van der Waals surface area contributed by atoms with Gasteiger partial charge in [0.05, 0.1) is 10.6 Å². The maximum atomic E-state index is 12.4. The molecular formula is C20H24N4OS. The smallest absolute Gasteiger partial charge is 0.227 e. The van der Waals surface area contributed by atoms with Crippen molar-refractivity contribution in [2.75, 3.05) is 31.1 Å². The predicted octanol–water partition coefficient (Wildman–Crippen LogP) is 3.16. The van der Waals surface area contributed by atoms with Crippen LogP contribution in [0.5, 0.6) is 0 Å². The Bertz CT molecular complexity index is 809. The van der Waals surface area contributed by atoms with E-state index >= 15 is 0 Å². The van der Waals surface area contributed by atoms with Gasteiger partial charge >= 0.3 is 0 Å². The molecule has 0 aliphatic carbocycles. The molecule has 2 aliphatic rings. The van der Waals surface area contributed by atoms with Gasteiger partial charge in [0.25, 0.3) is 0 Å². The van der Waals surface area contributed by atoms with E-state index in [4.69, 9.17) is 5.73 Å². The molecule has 0 spiro atoms. The van der Waals surface area contributed by atoms with Crippen LogP contribution in [0.25, 0.3) is 0 Å². The SMILES string of the molecule is NC(=Nc1ccc2c(c1)CCC(=O)N2CCN1CCCC1)c1cccs1. The first kappa shape index (κ1) is 17.2. The van der Waals surface area contributed by atoms with E-state index in [9.17, 15) is 4.79 Å². The molecule has 0 saturated carbocycles. The highest BCUT2D eigenvalue weighted by atomic mass is 32.1. The Morgan fingerprint density at radius 1 is 1.15 bits per heavy atom. The van der Waals surface area contributed by atoms with Crippen LogP contribution in [0.2, 0.25) is 0 Å². The minimum Gasteiger partial charge on any atom is -0.383 e. The van der Waals surface area contributed by atoms with E-state index in [1.165, 1.54) is 18.4 Å². The second kappa shape index (κ2) is 7.60. The van der Waals surface area contributed by atoms with Crippen LogP contribution in [0.3, 0.4) is 0 Å². The summed E-state index contributed by atoms with van der Waals surface area (Å²) in [4.78, 5) is 22.4. The van der Waals surface area contributed by atoms with Crippen LogP contribution in [-0.4, -0.2) is 42.8 Å². The lowest BCUT2D eigenvalue weighted by Crippen LogP contribution is -2.40. The first-order valence-electron chi connectivity index (χ1n) is 9.24. The number of fused-ring (bicyclic) bond motifs is 1. The second-order valence-electron chi connectivity index (χ2n) is 6.88. The number of amidine groups is 1. The monoisotopic (exact) mass is 368 g/mol. The zero-order valence-corrected chi connectivity index (χ0v) is 15.7. The van der Waals surface area contributed by atoms with Crippen LogP contribution < -0.4 is 10.6 Å². The van der Waals surface area contributed by atoms with Crippen molar-refractivity contribution in [2.24, 2.45) is 10.7 Å². The number of carbonyl (C=O) groups excluding carboxylic acids is 1. The van der Waals surface area contributed by atoms with Crippen LogP contribution >= 0.6 is 11.3 Å². The first-order valence-corrected chi connectivity index (χ1v) is 10.1. The third-order valence-corrected chi connectivity index (χ3v) is 6.02. The summed E-state index contributed by atoms with van der Waals surface area (Å²) in [5.41, 5.74) is 9.18. The number of amides is 1. The van der Waals surface area contributed by atoms with Gasteiger partial charge in [-0.1, -0.05) is 6.07 Å².